The molecule has 0 aliphatic carbocycles. The van der Waals surface area contributed by atoms with Crippen molar-refractivity contribution < 1.29 is 18.3 Å². The van der Waals surface area contributed by atoms with Crippen molar-refractivity contribution in [2.75, 3.05) is 13.7 Å². The Bertz CT molecular complexity index is 1680. The number of benzene rings is 3. The van der Waals surface area contributed by atoms with Crippen molar-refractivity contribution in [3.05, 3.63) is 145 Å². The zero-order valence-electron chi connectivity index (χ0n) is 24.6. The molecule has 1 fully saturated rings. The maximum absolute atomic E-state index is 12.7. The lowest BCUT2D eigenvalue weighted by Crippen LogP contribution is -2.38. The summed E-state index contributed by atoms with van der Waals surface area (Å²) >= 11 is 0. The minimum Gasteiger partial charge on any atom is -0.497 e. The average Bonchev–Trinajstić information content (AvgIpc) is 3.40. The molecular weight excluding hydrogens is 510 g/mol. The third-order valence-corrected chi connectivity index (χ3v) is 7.00. The van der Waals surface area contributed by atoms with E-state index in [1.807, 2.05) is 89.9 Å². The number of nitrogens with zero attached hydrogens (tertiary/aromatic N) is 4. The van der Waals surface area contributed by atoms with Crippen LogP contribution in [0.15, 0.2) is 106 Å². The minimum absolute atomic E-state index is 0.0523. The molecule has 0 unspecified atom stereocenters. The molecule has 3 aromatic carbocycles. The SMILES string of the molecule is [2H]C([2H])([2H])c1cn([C@H]2C[C@@H](N=[N+]=[N-])[C@@H](COC(c3ccccc3)(c3ccccc3)c3ccc(OC)cc3)O2)c(=O)[nH]c1=O. The quantitative estimate of drug-likeness (QED) is 0.140. The summed E-state index contributed by atoms with van der Waals surface area (Å²) in [5.41, 5.74) is 8.27. The molecule has 2 heterocycles. The molecule has 0 bridgehead atoms. The maximum Gasteiger partial charge on any atom is 0.330 e. The molecule has 40 heavy (non-hydrogen) atoms. The predicted molar refractivity (Wildman–Crippen MR) is 149 cm³/mol. The summed E-state index contributed by atoms with van der Waals surface area (Å²) in [4.78, 5) is 29.9. The van der Waals surface area contributed by atoms with Gasteiger partial charge < -0.3 is 14.2 Å². The Labute approximate surface area is 234 Å². The molecule has 0 radical (unpaired) electrons. The number of rotatable bonds is 9. The van der Waals surface area contributed by atoms with E-state index < -0.39 is 47.6 Å². The molecule has 1 N–H and O–H groups in total. The molecule has 1 aliphatic rings. The first-order valence-corrected chi connectivity index (χ1v) is 12.6. The van der Waals surface area contributed by atoms with E-state index in [0.717, 1.165) is 27.5 Å². The van der Waals surface area contributed by atoms with Crippen molar-refractivity contribution in [3.63, 3.8) is 0 Å². The fraction of sp³-hybridized carbons (Fsp3) is 0.267. The van der Waals surface area contributed by atoms with Crippen molar-refractivity contribution >= 4 is 0 Å². The van der Waals surface area contributed by atoms with Crippen LogP contribution in [0.25, 0.3) is 10.4 Å². The number of hydrogen-bond donors (Lipinski definition) is 1. The second kappa shape index (κ2) is 11.6. The lowest BCUT2D eigenvalue weighted by Gasteiger charge is -2.37. The van der Waals surface area contributed by atoms with Crippen LogP contribution >= 0.6 is 0 Å². The number of aromatic amines is 1. The number of azide groups is 1. The first-order valence-electron chi connectivity index (χ1n) is 14.1. The maximum atomic E-state index is 12.7. The Balaban J connectivity index is 1.55. The van der Waals surface area contributed by atoms with Gasteiger partial charge in [0, 0.05) is 27.2 Å². The molecule has 4 aromatic rings. The standard InChI is InChI=1S/C30H29N5O5/c1-20-18-35(29(37)32-28(20)36)27-17-25(33-34-31)26(40-27)19-39-30(21-9-5-3-6-10-21,22-11-7-4-8-12-22)23-13-15-24(38-2)16-14-23/h3-16,18,25-27H,17,19H2,1-2H3,(H,32,36,37)/t25-,26-,27-/m1/s1/i1D3. The summed E-state index contributed by atoms with van der Waals surface area (Å²) in [7, 11) is 1.59. The number of aromatic nitrogens is 2. The van der Waals surface area contributed by atoms with E-state index in [4.69, 9.17) is 18.3 Å². The van der Waals surface area contributed by atoms with Gasteiger partial charge in [0.2, 0.25) is 0 Å². The van der Waals surface area contributed by atoms with E-state index in [1.54, 1.807) is 7.11 Å². The van der Waals surface area contributed by atoms with E-state index in [9.17, 15) is 15.1 Å². The van der Waals surface area contributed by atoms with E-state index in [-0.39, 0.29) is 13.0 Å². The Morgan fingerprint density at radius 2 is 1.68 bits per heavy atom. The first-order chi connectivity index (χ1) is 20.7. The van der Waals surface area contributed by atoms with Crippen molar-refractivity contribution in [3.8, 4) is 5.75 Å². The highest BCUT2D eigenvalue weighted by Crippen LogP contribution is 2.42. The molecule has 1 aliphatic heterocycles. The normalized spacial score (nSPS) is 20.1. The van der Waals surface area contributed by atoms with Crippen molar-refractivity contribution in [2.24, 2.45) is 5.11 Å². The van der Waals surface area contributed by atoms with Crippen molar-refractivity contribution in [1.29, 1.82) is 0 Å². The van der Waals surface area contributed by atoms with Crippen LogP contribution in [-0.4, -0.2) is 35.4 Å². The first kappa shape index (κ1) is 23.3. The van der Waals surface area contributed by atoms with Gasteiger partial charge in [0.05, 0.1) is 25.9 Å². The second-order valence-corrected chi connectivity index (χ2v) is 9.30. The fourth-order valence-electron chi connectivity index (χ4n) is 5.05. The summed E-state index contributed by atoms with van der Waals surface area (Å²) < 4.78 is 42.4. The summed E-state index contributed by atoms with van der Waals surface area (Å²) in [6, 6.07) is 26.0. The van der Waals surface area contributed by atoms with Crippen LogP contribution in [0.2, 0.25) is 0 Å². The van der Waals surface area contributed by atoms with Gasteiger partial charge in [0.15, 0.2) is 0 Å². The van der Waals surface area contributed by atoms with E-state index in [0.29, 0.717) is 5.75 Å². The molecule has 0 amide bonds. The van der Waals surface area contributed by atoms with Gasteiger partial charge in [-0.2, -0.15) is 0 Å². The number of H-pyrrole nitrogens is 1. The molecule has 10 heteroatoms. The largest absolute Gasteiger partial charge is 0.497 e. The van der Waals surface area contributed by atoms with Gasteiger partial charge in [0.1, 0.15) is 17.6 Å². The van der Waals surface area contributed by atoms with Crippen LogP contribution in [-0.2, 0) is 15.1 Å². The third-order valence-electron chi connectivity index (χ3n) is 7.00. The molecule has 3 atom stereocenters. The Kier molecular flexibility index (Phi) is 6.77. The Morgan fingerprint density at radius 1 is 1.05 bits per heavy atom. The van der Waals surface area contributed by atoms with Crippen LogP contribution in [0.4, 0.5) is 0 Å². The minimum atomic E-state index is -2.75. The lowest BCUT2D eigenvalue weighted by atomic mass is 9.80. The Morgan fingerprint density at radius 3 is 2.25 bits per heavy atom. The molecule has 5 rings (SSSR count). The van der Waals surface area contributed by atoms with Crippen molar-refractivity contribution in [2.45, 2.75) is 37.2 Å². The van der Waals surface area contributed by atoms with Crippen LogP contribution in [0.3, 0.4) is 0 Å². The molecule has 0 spiro atoms. The van der Waals surface area contributed by atoms with Crippen LogP contribution < -0.4 is 16.0 Å². The highest BCUT2D eigenvalue weighted by atomic mass is 16.6. The Hall–Kier alpha value is -4.63. The van der Waals surface area contributed by atoms with Gasteiger partial charge in [-0.05, 0) is 41.2 Å². The number of hydrogen-bond acceptors (Lipinski definition) is 6. The molecular formula is C30H29N5O5. The smallest absolute Gasteiger partial charge is 0.330 e. The van der Waals surface area contributed by atoms with E-state index in [2.05, 4.69) is 10.0 Å². The topological polar surface area (TPSA) is 131 Å². The monoisotopic (exact) mass is 542 g/mol. The van der Waals surface area contributed by atoms with E-state index >= 15 is 0 Å². The van der Waals surface area contributed by atoms with Crippen molar-refractivity contribution in [1.82, 2.24) is 9.55 Å². The van der Waals surface area contributed by atoms with Gasteiger partial charge >= 0.3 is 5.69 Å². The molecule has 0 saturated carbocycles. The lowest BCUT2D eigenvalue weighted by molar-refractivity contribution is -0.0796. The zero-order valence-corrected chi connectivity index (χ0v) is 21.6. The summed E-state index contributed by atoms with van der Waals surface area (Å²) in [6.45, 7) is -2.82. The van der Waals surface area contributed by atoms with Crippen LogP contribution in [0, 0.1) is 6.85 Å². The molecule has 10 nitrogen and oxygen atoms in total. The van der Waals surface area contributed by atoms with Gasteiger partial charge in [-0.1, -0.05) is 77.9 Å². The van der Waals surface area contributed by atoms with Gasteiger partial charge in [-0.25, -0.2) is 4.79 Å². The zero-order chi connectivity index (χ0) is 30.6. The second-order valence-electron chi connectivity index (χ2n) is 9.30. The number of nitrogens with one attached hydrogen (secondary N) is 1. The van der Waals surface area contributed by atoms with E-state index in [1.165, 1.54) is 0 Å². The molecule has 204 valence electrons. The fourth-order valence-corrected chi connectivity index (χ4v) is 5.05. The van der Waals surface area contributed by atoms with Crippen LogP contribution in [0.1, 0.15) is 39.0 Å². The number of aryl methyl sites for hydroxylation is 1. The summed E-state index contributed by atoms with van der Waals surface area (Å²) in [5, 5.41) is 3.90. The summed E-state index contributed by atoms with van der Waals surface area (Å²) in [5.74, 6) is 0.673. The predicted octanol–water partition coefficient (Wildman–Crippen LogP) is 4.83. The number of ether oxygens (including phenoxy) is 3. The highest BCUT2D eigenvalue weighted by Gasteiger charge is 2.42. The molecule has 1 aromatic heterocycles. The molecule has 1 saturated heterocycles. The van der Waals surface area contributed by atoms with Gasteiger partial charge in [-0.15, -0.1) is 0 Å². The van der Waals surface area contributed by atoms with Gasteiger partial charge in [0.25, 0.3) is 5.56 Å². The van der Waals surface area contributed by atoms with Gasteiger partial charge in [-0.3, -0.25) is 14.3 Å². The summed E-state index contributed by atoms with van der Waals surface area (Å²) in [6.07, 6.45) is -0.805. The average molecular weight is 543 g/mol. The highest BCUT2D eigenvalue weighted by molar-refractivity contribution is 5.48. The van der Waals surface area contributed by atoms with Crippen LogP contribution in [0.5, 0.6) is 5.75 Å². The number of methoxy groups -OCH3 is 1. The third kappa shape index (κ3) is 5.15.